The predicted molar refractivity (Wildman–Crippen MR) is 164 cm³/mol. The number of carbonyl (C=O) groups is 3. The third-order valence-electron chi connectivity index (χ3n) is 6.16. The monoisotopic (exact) mass is 663 g/mol. The number of halogens is 5. The molecule has 0 saturated heterocycles. The van der Waals surface area contributed by atoms with Gasteiger partial charge in [0.25, 0.3) is 11.8 Å². The van der Waals surface area contributed by atoms with Crippen molar-refractivity contribution in [1.29, 1.82) is 0 Å². The van der Waals surface area contributed by atoms with Gasteiger partial charge in [0.05, 0.1) is 16.7 Å². The number of nitrogens with zero attached hydrogens (tertiary/aromatic N) is 1. The number of nitrogens with two attached hydrogens (primary N) is 1. The molecule has 10 nitrogen and oxygen atoms in total. The van der Waals surface area contributed by atoms with Gasteiger partial charge in [0.2, 0.25) is 0 Å². The zero-order chi connectivity index (χ0) is 34.9. The number of alkyl carbamates (subject to hydrolysis) is 1. The van der Waals surface area contributed by atoms with E-state index in [1.165, 1.54) is 13.0 Å². The number of guanidine groups is 1. The van der Waals surface area contributed by atoms with Crippen LogP contribution in [0.1, 0.15) is 65.5 Å². The second-order valence-electron chi connectivity index (χ2n) is 11.2. The molecule has 0 fully saturated rings. The number of rotatable bonds is 10. The van der Waals surface area contributed by atoms with Crippen LogP contribution in [0, 0.1) is 18.6 Å². The number of amides is 3. The van der Waals surface area contributed by atoms with E-state index in [-0.39, 0.29) is 35.1 Å². The van der Waals surface area contributed by atoms with Gasteiger partial charge in [-0.15, -0.1) is 0 Å². The molecule has 0 heterocycles. The number of aryl methyl sites for hydroxylation is 1. The van der Waals surface area contributed by atoms with Crippen molar-refractivity contribution in [3.8, 4) is 11.5 Å². The smallest absolute Gasteiger partial charge is 0.416 e. The van der Waals surface area contributed by atoms with Crippen molar-refractivity contribution >= 4 is 29.6 Å². The van der Waals surface area contributed by atoms with E-state index >= 15 is 0 Å². The van der Waals surface area contributed by atoms with Gasteiger partial charge in [0, 0.05) is 18.8 Å². The molecule has 0 spiro atoms. The zero-order valence-electron chi connectivity index (χ0n) is 26.0. The standard InChI is InChI=1S/C32H34F5N5O5/c1-18-15-20(33)8-12-25(18)46-26-16-19(32(35,36)37)7-10-22(26)27(43)41-21-9-11-24(34)23(17-21)28(44)42-29(38)39-13-5-6-14-40-30(45)47-31(2,3)4/h7-12,15-17H,5-6,13-14H2,1-4H3,(H,40,45)(H,41,43)(H3,38,39,42,44). The molecule has 0 aliphatic heterocycles. The molecule has 3 rings (SSSR count). The summed E-state index contributed by atoms with van der Waals surface area (Å²) in [6.07, 6.45) is -4.27. The summed E-state index contributed by atoms with van der Waals surface area (Å²) in [4.78, 5) is 41.5. The Kier molecular flexibility index (Phi) is 11.9. The van der Waals surface area contributed by atoms with Gasteiger partial charge in [-0.3, -0.25) is 19.9 Å². The van der Waals surface area contributed by atoms with E-state index in [2.05, 4.69) is 20.9 Å². The fourth-order valence-corrected chi connectivity index (χ4v) is 3.96. The van der Waals surface area contributed by atoms with Crippen LogP contribution in [0.2, 0.25) is 0 Å². The van der Waals surface area contributed by atoms with Crippen LogP contribution in [0.5, 0.6) is 11.5 Å². The summed E-state index contributed by atoms with van der Waals surface area (Å²) in [5, 5.41) is 7.25. The molecule has 0 radical (unpaired) electrons. The number of benzene rings is 3. The molecule has 15 heteroatoms. The van der Waals surface area contributed by atoms with E-state index in [0.717, 1.165) is 36.4 Å². The van der Waals surface area contributed by atoms with Crippen LogP contribution in [-0.4, -0.2) is 42.6 Å². The quantitative estimate of drug-likeness (QED) is 0.0824. The van der Waals surface area contributed by atoms with Crippen LogP contribution >= 0.6 is 0 Å². The van der Waals surface area contributed by atoms with Crippen molar-refractivity contribution in [2.24, 2.45) is 10.7 Å². The van der Waals surface area contributed by atoms with E-state index in [4.69, 9.17) is 15.2 Å². The third kappa shape index (κ3) is 11.3. The van der Waals surface area contributed by atoms with Gasteiger partial charge in [-0.25, -0.2) is 13.6 Å². The summed E-state index contributed by atoms with van der Waals surface area (Å²) in [6.45, 7) is 7.21. The Bertz CT molecular complexity index is 1650. The minimum absolute atomic E-state index is 0.0113. The molecule has 5 N–H and O–H groups in total. The minimum Gasteiger partial charge on any atom is -0.456 e. The third-order valence-corrected chi connectivity index (χ3v) is 6.16. The lowest BCUT2D eigenvalue weighted by Gasteiger charge is -2.19. The van der Waals surface area contributed by atoms with Gasteiger partial charge in [0.15, 0.2) is 5.96 Å². The molecular formula is C32H34F5N5O5. The molecule has 252 valence electrons. The molecule has 0 aromatic heterocycles. The van der Waals surface area contributed by atoms with Gasteiger partial charge in [-0.2, -0.15) is 13.2 Å². The van der Waals surface area contributed by atoms with Crippen LogP contribution < -0.4 is 26.4 Å². The lowest BCUT2D eigenvalue weighted by atomic mass is 10.1. The second kappa shape index (κ2) is 15.4. The lowest BCUT2D eigenvalue weighted by molar-refractivity contribution is -0.137. The second-order valence-corrected chi connectivity index (χ2v) is 11.2. The Morgan fingerprint density at radius 3 is 2.26 bits per heavy atom. The zero-order valence-corrected chi connectivity index (χ0v) is 26.0. The summed E-state index contributed by atoms with van der Waals surface area (Å²) < 4.78 is 79.2. The predicted octanol–water partition coefficient (Wildman–Crippen LogP) is 6.69. The Balaban J connectivity index is 1.67. The van der Waals surface area contributed by atoms with E-state index in [9.17, 15) is 36.3 Å². The number of nitrogens with one attached hydrogen (secondary N) is 3. The molecule has 0 aliphatic carbocycles. The molecule has 0 saturated carbocycles. The largest absolute Gasteiger partial charge is 0.456 e. The van der Waals surface area contributed by atoms with Gasteiger partial charge < -0.3 is 25.8 Å². The van der Waals surface area contributed by atoms with Gasteiger partial charge in [0.1, 0.15) is 28.7 Å². The fraction of sp³-hybridized carbons (Fsp3) is 0.312. The molecule has 0 bridgehead atoms. The van der Waals surface area contributed by atoms with Crippen molar-refractivity contribution in [2.75, 3.05) is 18.4 Å². The first kappa shape index (κ1) is 36.3. The highest BCUT2D eigenvalue weighted by molar-refractivity contribution is 6.08. The maximum absolute atomic E-state index is 14.6. The number of hydrogen-bond acceptors (Lipinski definition) is 6. The number of anilines is 1. The molecule has 3 aromatic carbocycles. The van der Waals surface area contributed by atoms with E-state index in [1.54, 1.807) is 20.8 Å². The van der Waals surface area contributed by atoms with Crippen molar-refractivity contribution in [3.63, 3.8) is 0 Å². The van der Waals surface area contributed by atoms with Crippen LogP contribution in [0.15, 0.2) is 59.6 Å². The fourth-order valence-electron chi connectivity index (χ4n) is 3.96. The molecule has 3 aromatic rings. The minimum atomic E-state index is -4.76. The normalized spacial score (nSPS) is 11.9. The van der Waals surface area contributed by atoms with Crippen molar-refractivity contribution < 1.29 is 45.8 Å². The van der Waals surface area contributed by atoms with Gasteiger partial charge >= 0.3 is 12.3 Å². The molecule has 0 aliphatic rings. The topological polar surface area (TPSA) is 144 Å². The van der Waals surface area contributed by atoms with Crippen LogP contribution in [0.4, 0.5) is 32.4 Å². The number of hydrogen-bond donors (Lipinski definition) is 4. The highest BCUT2D eigenvalue weighted by Crippen LogP contribution is 2.36. The van der Waals surface area contributed by atoms with Crippen molar-refractivity contribution in [2.45, 2.75) is 52.3 Å². The van der Waals surface area contributed by atoms with Crippen molar-refractivity contribution in [3.05, 3.63) is 88.5 Å². The lowest BCUT2D eigenvalue weighted by Crippen LogP contribution is -2.37. The Hall–Kier alpha value is -5.21. The molecular weight excluding hydrogens is 629 g/mol. The van der Waals surface area contributed by atoms with Crippen LogP contribution in [0.3, 0.4) is 0 Å². The summed E-state index contributed by atoms with van der Waals surface area (Å²) in [5.74, 6) is -4.22. The number of carbonyl (C=O) groups excluding carboxylic acids is 3. The highest BCUT2D eigenvalue weighted by Gasteiger charge is 2.32. The number of unbranched alkanes of at least 4 members (excludes halogenated alkanes) is 1. The molecule has 3 amide bonds. The first-order valence-corrected chi connectivity index (χ1v) is 14.3. The van der Waals surface area contributed by atoms with Gasteiger partial charge in [-0.1, -0.05) is 0 Å². The Morgan fingerprint density at radius 1 is 0.872 bits per heavy atom. The number of aliphatic imine (C=N–C) groups is 1. The first-order chi connectivity index (χ1) is 21.9. The van der Waals surface area contributed by atoms with Crippen LogP contribution in [-0.2, 0) is 10.9 Å². The molecule has 0 atom stereocenters. The first-order valence-electron chi connectivity index (χ1n) is 14.3. The summed E-state index contributed by atoms with van der Waals surface area (Å²) in [7, 11) is 0. The summed E-state index contributed by atoms with van der Waals surface area (Å²) in [5.41, 5.74) is 3.40. The average molecular weight is 664 g/mol. The molecule has 0 unspecified atom stereocenters. The SMILES string of the molecule is Cc1cc(F)ccc1Oc1cc(C(F)(F)F)ccc1C(=O)Nc1ccc(F)c(C(=O)NC(N)=NCCCCNC(=O)OC(C)(C)C)c1. The Morgan fingerprint density at radius 2 is 1.60 bits per heavy atom. The summed E-state index contributed by atoms with van der Waals surface area (Å²) in [6, 6.07) is 8.62. The van der Waals surface area contributed by atoms with Gasteiger partial charge in [-0.05, 0) is 101 Å². The van der Waals surface area contributed by atoms with E-state index in [0.29, 0.717) is 31.5 Å². The highest BCUT2D eigenvalue weighted by atomic mass is 19.4. The molecule has 47 heavy (non-hydrogen) atoms. The maximum atomic E-state index is 14.6. The Labute approximate surface area is 267 Å². The number of ether oxygens (including phenoxy) is 2. The number of alkyl halides is 3. The summed E-state index contributed by atoms with van der Waals surface area (Å²) >= 11 is 0. The van der Waals surface area contributed by atoms with E-state index < -0.39 is 58.2 Å². The maximum Gasteiger partial charge on any atom is 0.416 e. The van der Waals surface area contributed by atoms with E-state index in [1.807, 2.05) is 0 Å². The average Bonchev–Trinajstić information content (AvgIpc) is 2.95. The van der Waals surface area contributed by atoms with Crippen LogP contribution in [0.25, 0.3) is 0 Å². The van der Waals surface area contributed by atoms with Crippen molar-refractivity contribution in [1.82, 2.24) is 10.6 Å².